The van der Waals surface area contributed by atoms with Crippen molar-refractivity contribution < 1.29 is 14.7 Å². The first-order chi connectivity index (χ1) is 13.2. The van der Waals surface area contributed by atoms with Crippen molar-refractivity contribution in [1.29, 1.82) is 0 Å². The number of rotatable bonds is 3. The van der Waals surface area contributed by atoms with Crippen LogP contribution < -0.4 is 0 Å². The number of carboxylic acid groups (broad SMARTS) is 1. The molecule has 0 saturated heterocycles. The molecule has 148 valence electrons. The van der Waals surface area contributed by atoms with Gasteiger partial charge in [0.25, 0.3) is 5.91 Å². The Balaban J connectivity index is 2.13. The molecule has 7 heteroatoms. The van der Waals surface area contributed by atoms with E-state index in [2.05, 4.69) is 0 Å². The van der Waals surface area contributed by atoms with Crippen LogP contribution in [0.5, 0.6) is 0 Å². The standard InChI is InChI=1S/C21H22Cl2N2O3/c1-24(2)20(26)13-4-6-15-16(10-13)14(7-9-19(15)25(3)21(27)28)12-5-8-17(22)18(23)11-12/h4-6,8,10-11,14,19H,7,9H2,1-3H3,(H,27,28)/t14-,19-/m0/s1. The average molecular weight is 421 g/mol. The number of carbonyl (C=O) groups excluding carboxylic acids is 1. The van der Waals surface area contributed by atoms with Crippen LogP contribution in [0, 0.1) is 0 Å². The van der Waals surface area contributed by atoms with Crippen LogP contribution in [0.15, 0.2) is 36.4 Å². The fourth-order valence-electron chi connectivity index (χ4n) is 3.82. The number of halogens is 2. The predicted octanol–water partition coefficient (Wildman–Crippen LogP) is 5.27. The first-order valence-corrected chi connectivity index (χ1v) is 9.72. The van der Waals surface area contributed by atoms with Crippen LogP contribution in [0.1, 0.15) is 51.8 Å². The number of nitrogens with zero attached hydrogens (tertiary/aromatic N) is 2. The smallest absolute Gasteiger partial charge is 0.407 e. The van der Waals surface area contributed by atoms with Crippen LogP contribution in [0.3, 0.4) is 0 Å². The number of amides is 2. The Morgan fingerprint density at radius 3 is 2.29 bits per heavy atom. The minimum Gasteiger partial charge on any atom is -0.465 e. The van der Waals surface area contributed by atoms with Gasteiger partial charge in [0, 0.05) is 32.6 Å². The van der Waals surface area contributed by atoms with Crippen LogP contribution in [-0.4, -0.2) is 48.0 Å². The second kappa shape index (κ2) is 8.02. The normalized spacial score (nSPS) is 18.3. The maximum absolute atomic E-state index is 12.5. The van der Waals surface area contributed by atoms with Crippen molar-refractivity contribution in [2.24, 2.45) is 0 Å². The molecule has 1 aliphatic rings. The lowest BCUT2D eigenvalue weighted by Gasteiger charge is -2.36. The SMILES string of the molecule is CN(C)C(=O)c1ccc2c(c1)[C@H](c1ccc(Cl)c(Cl)c1)CC[C@@H]2N(C)C(=O)O. The lowest BCUT2D eigenvalue weighted by molar-refractivity contribution is 0.0827. The quantitative estimate of drug-likeness (QED) is 0.735. The number of hydrogen-bond acceptors (Lipinski definition) is 2. The second-order valence-corrected chi connectivity index (χ2v) is 8.07. The number of carbonyl (C=O) groups is 2. The van der Waals surface area contributed by atoms with E-state index in [1.807, 2.05) is 24.3 Å². The molecule has 0 unspecified atom stereocenters. The van der Waals surface area contributed by atoms with Gasteiger partial charge in [-0.2, -0.15) is 0 Å². The zero-order chi connectivity index (χ0) is 20.6. The Morgan fingerprint density at radius 2 is 1.68 bits per heavy atom. The first kappa shape index (κ1) is 20.5. The molecule has 0 radical (unpaired) electrons. The number of benzene rings is 2. The van der Waals surface area contributed by atoms with Crippen molar-refractivity contribution in [2.45, 2.75) is 24.8 Å². The van der Waals surface area contributed by atoms with E-state index >= 15 is 0 Å². The van der Waals surface area contributed by atoms with Crippen molar-refractivity contribution in [3.05, 3.63) is 68.7 Å². The molecule has 2 atom stereocenters. The van der Waals surface area contributed by atoms with Crippen molar-refractivity contribution in [3.8, 4) is 0 Å². The third-order valence-corrected chi connectivity index (χ3v) is 6.06. The summed E-state index contributed by atoms with van der Waals surface area (Å²) in [6.07, 6.45) is 0.450. The third kappa shape index (κ3) is 3.82. The molecule has 0 spiro atoms. The van der Waals surface area contributed by atoms with Crippen LogP contribution in [0.4, 0.5) is 4.79 Å². The van der Waals surface area contributed by atoms with Crippen LogP contribution in [-0.2, 0) is 0 Å². The van der Waals surface area contributed by atoms with Gasteiger partial charge in [0.15, 0.2) is 0 Å². The van der Waals surface area contributed by atoms with Gasteiger partial charge in [-0.1, -0.05) is 35.3 Å². The fourth-order valence-corrected chi connectivity index (χ4v) is 4.12. The van der Waals surface area contributed by atoms with Gasteiger partial charge in [-0.25, -0.2) is 4.79 Å². The zero-order valence-corrected chi connectivity index (χ0v) is 17.5. The Hall–Kier alpha value is -2.24. The van der Waals surface area contributed by atoms with Crippen molar-refractivity contribution in [1.82, 2.24) is 9.80 Å². The average Bonchev–Trinajstić information content (AvgIpc) is 2.67. The molecule has 0 bridgehead atoms. The molecular weight excluding hydrogens is 399 g/mol. The first-order valence-electron chi connectivity index (χ1n) is 8.97. The summed E-state index contributed by atoms with van der Waals surface area (Å²) in [5.74, 6) is -0.0810. The highest BCUT2D eigenvalue weighted by molar-refractivity contribution is 6.42. The third-order valence-electron chi connectivity index (χ3n) is 5.32. The van der Waals surface area contributed by atoms with E-state index in [1.54, 1.807) is 33.3 Å². The fraction of sp³-hybridized carbons (Fsp3) is 0.333. The van der Waals surface area contributed by atoms with Crippen LogP contribution in [0.25, 0.3) is 0 Å². The lowest BCUT2D eigenvalue weighted by atomic mass is 9.75. The molecule has 2 aromatic carbocycles. The molecular formula is C21H22Cl2N2O3. The Morgan fingerprint density at radius 1 is 0.964 bits per heavy atom. The molecule has 0 aliphatic heterocycles. The van der Waals surface area contributed by atoms with Crippen LogP contribution >= 0.6 is 23.2 Å². The van der Waals surface area contributed by atoms with Gasteiger partial charge in [-0.15, -0.1) is 0 Å². The lowest BCUT2D eigenvalue weighted by Crippen LogP contribution is -2.33. The molecule has 0 aromatic heterocycles. The summed E-state index contributed by atoms with van der Waals surface area (Å²) in [6, 6.07) is 10.8. The van der Waals surface area contributed by atoms with Gasteiger partial charge in [-0.05, 0) is 53.8 Å². The largest absolute Gasteiger partial charge is 0.465 e. The molecule has 5 nitrogen and oxygen atoms in total. The van der Waals surface area contributed by atoms with Gasteiger partial charge in [0.2, 0.25) is 0 Å². The van der Waals surface area contributed by atoms with E-state index < -0.39 is 6.09 Å². The van der Waals surface area contributed by atoms with Gasteiger partial charge in [-0.3, -0.25) is 4.79 Å². The van der Waals surface area contributed by atoms with Crippen LogP contribution in [0.2, 0.25) is 10.0 Å². The van der Waals surface area contributed by atoms with Gasteiger partial charge >= 0.3 is 6.09 Å². The van der Waals surface area contributed by atoms with E-state index in [9.17, 15) is 14.7 Å². The molecule has 3 rings (SSSR count). The van der Waals surface area contributed by atoms with Gasteiger partial charge in [0.1, 0.15) is 0 Å². The summed E-state index contributed by atoms with van der Waals surface area (Å²) in [5.41, 5.74) is 3.45. The van der Waals surface area contributed by atoms with Crippen molar-refractivity contribution in [2.75, 3.05) is 21.1 Å². The Labute approximate surface area is 174 Å². The molecule has 0 saturated carbocycles. The van der Waals surface area contributed by atoms with Gasteiger partial charge in [0.05, 0.1) is 16.1 Å². The second-order valence-electron chi connectivity index (χ2n) is 7.26. The number of fused-ring (bicyclic) bond motifs is 1. The monoisotopic (exact) mass is 420 g/mol. The van der Waals surface area contributed by atoms with Crippen molar-refractivity contribution >= 4 is 35.2 Å². The van der Waals surface area contributed by atoms with E-state index in [4.69, 9.17) is 23.2 Å². The molecule has 0 heterocycles. The molecule has 1 N–H and O–H groups in total. The summed E-state index contributed by atoms with van der Waals surface area (Å²) in [6.45, 7) is 0. The van der Waals surface area contributed by atoms with E-state index in [-0.39, 0.29) is 17.9 Å². The predicted molar refractivity (Wildman–Crippen MR) is 111 cm³/mol. The summed E-state index contributed by atoms with van der Waals surface area (Å²) in [5, 5.41) is 10.4. The maximum atomic E-state index is 12.5. The zero-order valence-electron chi connectivity index (χ0n) is 15.9. The van der Waals surface area contributed by atoms with E-state index in [0.29, 0.717) is 22.0 Å². The molecule has 0 fully saturated rings. The highest BCUT2D eigenvalue weighted by Gasteiger charge is 2.33. The summed E-state index contributed by atoms with van der Waals surface area (Å²) in [4.78, 5) is 26.9. The topological polar surface area (TPSA) is 60.9 Å². The minimum atomic E-state index is -0.975. The Kier molecular flexibility index (Phi) is 5.87. The maximum Gasteiger partial charge on any atom is 0.407 e. The molecule has 2 amide bonds. The summed E-state index contributed by atoms with van der Waals surface area (Å²) >= 11 is 12.3. The highest BCUT2D eigenvalue weighted by Crippen LogP contribution is 2.44. The summed E-state index contributed by atoms with van der Waals surface area (Å²) in [7, 11) is 4.99. The summed E-state index contributed by atoms with van der Waals surface area (Å²) < 4.78 is 0. The molecule has 1 aliphatic carbocycles. The van der Waals surface area contributed by atoms with Gasteiger partial charge < -0.3 is 14.9 Å². The number of hydrogen-bond donors (Lipinski definition) is 1. The highest BCUT2D eigenvalue weighted by atomic mass is 35.5. The van der Waals surface area contributed by atoms with E-state index in [1.165, 1.54) is 9.80 Å². The minimum absolute atomic E-state index is 0.0122. The Bertz CT molecular complexity index is 930. The molecule has 28 heavy (non-hydrogen) atoms. The van der Waals surface area contributed by atoms with E-state index in [0.717, 1.165) is 23.1 Å². The molecule has 2 aromatic rings. The van der Waals surface area contributed by atoms with Crippen molar-refractivity contribution in [3.63, 3.8) is 0 Å².